The van der Waals surface area contributed by atoms with Crippen LogP contribution < -0.4 is 0 Å². The van der Waals surface area contributed by atoms with Gasteiger partial charge in [-0.3, -0.25) is 4.79 Å². The molecule has 0 heterocycles. The van der Waals surface area contributed by atoms with Gasteiger partial charge in [-0.25, -0.2) is 0 Å². The highest BCUT2D eigenvalue weighted by molar-refractivity contribution is 6.22. The van der Waals surface area contributed by atoms with Crippen molar-refractivity contribution in [3.05, 3.63) is 35.4 Å². The number of benzene rings is 1. The molecule has 2 rings (SSSR count). The van der Waals surface area contributed by atoms with Gasteiger partial charge in [0.25, 0.3) is 0 Å². The molecule has 0 amide bonds. The van der Waals surface area contributed by atoms with Crippen molar-refractivity contribution in [3.63, 3.8) is 0 Å². The van der Waals surface area contributed by atoms with Crippen LogP contribution in [0.4, 0.5) is 0 Å². The molecule has 74 valence electrons. The Morgan fingerprint density at radius 2 is 2.14 bits per heavy atom. The van der Waals surface area contributed by atoms with E-state index in [9.17, 15) is 4.79 Å². The summed E-state index contributed by atoms with van der Waals surface area (Å²) in [5.41, 5.74) is 2.16. The van der Waals surface area contributed by atoms with Gasteiger partial charge >= 0.3 is 5.97 Å². The molecule has 1 aromatic rings. The molecule has 1 N–H and O–H groups in total. The fraction of sp³-hybridized carbons (Fsp3) is 0.364. The van der Waals surface area contributed by atoms with Crippen molar-refractivity contribution in [2.45, 2.75) is 18.2 Å². The fourth-order valence-electron chi connectivity index (χ4n) is 1.95. The van der Waals surface area contributed by atoms with E-state index in [1.807, 2.05) is 24.3 Å². The number of alkyl halides is 1. The van der Waals surface area contributed by atoms with Crippen molar-refractivity contribution >= 4 is 17.6 Å². The van der Waals surface area contributed by atoms with Crippen LogP contribution in [0.15, 0.2) is 24.3 Å². The number of fused-ring (bicyclic) bond motifs is 1. The van der Waals surface area contributed by atoms with Crippen molar-refractivity contribution < 1.29 is 9.90 Å². The number of carboxylic acid groups (broad SMARTS) is 1. The Morgan fingerprint density at radius 3 is 2.86 bits per heavy atom. The number of aliphatic carboxylic acids is 1. The van der Waals surface area contributed by atoms with E-state index in [4.69, 9.17) is 16.7 Å². The second-order valence-electron chi connectivity index (χ2n) is 3.58. The zero-order chi connectivity index (χ0) is 10.1. The first kappa shape index (κ1) is 9.53. The minimum absolute atomic E-state index is 0.377. The fourth-order valence-corrected chi connectivity index (χ4v) is 2.40. The maximum absolute atomic E-state index is 10.9. The molecule has 0 fully saturated rings. The van der Waals surface area contributed by atoms with Crippen LogP contribution in [0.2, 0.25) is 0 Å². The van der Waals surface area contributed by atoms with Crippen molar-refractivity contribution in [1.29, 1.82) is 0 Å². The molecule has 0 aromatic heterocycles. The summed E-state index contributed by atoms with van der Waals surface area (Å²) < 4.78 is 0. The molecule has 2 atom stereocenters. The van der Waals surface area contributed by atoms with Crippen LogP contribution in [0, 0.1) is 5.92 Å². The molecule has 0 aliphatic heterocycles. The summed E-state index contributed by atoms with van der Waals surface area (Å²) in [5.74, 6) is -1.23. The molecule has 0 saturated carbocycles. The number of carboxylic acids is 1. The number of hydrogen-bond donors (Lipinski definition) is 1. The molecular weight excluding hydrogens is 200 g/mol. The van der Waals surface area contributed by atoms with Crippen LogP contribution in [-0.2, 0) is 11.2 Å². The first-order chi connectivity index (χ1) is 6.70. The summed E-state index contributed by atoms with van der Waals surface area (Å²) in [4.78, 5) is 10.9. The lowest BCUT2D eigenvalue weighted by molar-refractivity contribution is -0.142. The first-order valence-electron chi connectivity index (χ1n) is 4.65. The minimum Gasteiger partial charge on any atom is -0.481 e. The lowest BCUT2D eigenvalue weighted by Crippen LogP contribution is -2.24. The highest BCUT2D eigenvalue weighted by Crippen LogP contribution is 2.38. The molecule has 0 saturated heterocycles. The smallest absolute Gasteiger partial charge is 0.308 e. The lowest BCUT2D eigenvalue weighted by Gasteiger charge is -2.26. The summed E-state index contributed by atoms with van der Waals surface area (Å²) in [5, 5.41) is 8.57. The first-order valence-corrected chi connectivity index (χ1v) is 5.08. The average molecular weight is 211 g/mol. The summed E-state index contributed by atoms with van der Waals surface area (Å²) >= 11 is 6.13. The highest BCUT2D eigenvalue weighted by Gasteiger charge is 2.32. The van der Waals surface area contributed by atoms with E-state index in [0.717, 1.165) is 12.0 Å². The van der Waals surface area contributed by atoms with Gasteiger partial charge in [0.1, 0.15) is 0 Å². The van der Waals surface area contributed by atoms with Gasteiger partial charge in [0.2, 0.25) is 0 Å². The predicted molar refractivity (Wildman–Crippen MR) is 54.5 cm³/mol. The van der Waals surface area contributed by atoms with Crippen molar-refractivity contribution in [1.82, 2.24) is 0 Å². The zero-order valence-electron chi connectivity index (χ0n) is 7.61. The van der Waals surface area contributed by atoms with Crippen LogP contribution in [0.3, 0.4) is 0 Å². The molecular formula is C11H11ClO2. The van der Waals surface area contributed by atoms with E-state index in [-0.39, 0.29) is 5.38 Å². The van der Waals surface area contributed by atoms with Gasteiger partial charge in [-0.2, -0.15) is 0 Å². The quantitative estimate of drug-likeness (QED) is 0.724. The molecule has 3 heteroatoms. The topological polar surface area (TPSA) is 37.3 Å². The monoisotopic (exact) mass is 210 g/mol. The third-order valence-electron chi connectivity index (χ3n) is 2.75. The number of carbonyl (C=O) groups is 1. The van der Waals surface area contributed by atoms with Gasteiger partial charge in [0.05, 0.1) is 11.3 Å². The summed E-state index contributed by atoms with van der Waals surface area (Å²) in [6.45, 7) is 0. The van der Waals surface area contributed by atoms with Crippen LogP contribution in [0.1, 0.15) is 22.9 Å². The normalized spacial score (nSPS) is 25.5. The van der Waals surface area contributed by atoms with Gasteiger partial charge in [-0.1, -0.05) is 24.3 Å². The molecule has 0 spiro atoms. The average Bonchev–Trinajstić information content (AvgIpc) is 2.18. The number of rotatable bonds is 1. The van der Waals surface area contributed by atoms with Gasteiger partial charge in [0.15, 0.2) is 0 Å². The molecule has 1 aliphatic rings. The van der Waals surface area contributed by atoms with Crippen molar-refractivity contribution in [2.24, 2.45) is 5.92 Å². The predicted octanol–water partition coefficient (Wildman–Crippen LogP) is 2.61. The second kappa shape index (κ2) is 3.62. The van der Waals surface area contributed by atoms with E-state index in [1.54, 1.807) is 0 Å². The van der Waals surface area contributed by atoms with E-state index in [2.05, 4.69) is 0 Å². The molecule has 2 nitrogen and oxygen atoms in total. The summed E-state index contributed by atoms with van der Waals surface area (Å²) in [6.07, 6.45) is 1.46. The standard InChI is InChI=1S/C11H11ClO2/c12-10-8-4-2-1-3-7(8)5-6-9(10)11(13)14/h1-4,9-10H,5-6H2,(H,13,14). The molecule has 0 radical (unpaired) electrons. The second-order valence-corrected chi connectivity index (χ2v) is 4.05. The summed E-state index contributed by atoms with van der Waals surface area (Å²) in [6, 6.07) is 7.80. The van der Waals surface area contributed by atoms with Crippen LogP contribution in [-0.4, -0.2) is 11.1 Å². The minimum atomic E-state index is -0.792. The Hall–Kier alpha value is -1.02. The maximum Gasteiger partial charge on any atom is 0.308 e. The molecule has 0 bridgehead atoms. The Morgan fingerprint density at radius 1 is 1.43 bits per heavy atom. The van der Waals surface area contributed by atoms with Gasteiger partial charge < -0.3 is 5.11 Å². The Bertz CT molecular complexity index is 362. The third kappa shape index (κ3) is 1.50. The molecule has 1 aliphatic carbocycles. The summed E-state index contributed by atoms with van der Waals surface area (Å²) in [7, 11) is 0. The number of hydrogen-bond acceptors (Lipinski definition) is 1. The van der Waals surface area contributed by atoms with E-state index >= 15 is 0 Å². The number of aryl methyl sites for hydroxylation is 1. The third-order valence-corrected chi connectivity index (χ3v) is 3.29. The lowest BCUT2D eigenvalue weighted by atomic mass is 9.83. The van der Waals surface area contributed by atoms with Gasteiger partial charge in [0, 0.05) is 0 Å². The molecule has 14 heavy (non-hydrogen) atoms. The van der Waals surface area contributed by atoms with Crippen LogP contribution in [0.5, 0.6) is 0 Å². The largest absolute Gasteiger partial charge is 0.481 e. The van der Waals surface area contributed by atoms with E-state index < -0.39 is 11.9 Å². The Labute approximate surface area is 87.5 Å². The maximum atomic E-state index is 10.9. The highest BCUT2D eigenvalue weighted by atomic mass is 35.5. The van der Waals surface area contributed by atoms with Gasteiger partial charge in [-0.05, 0) is 24.0 Å². The van der Waals surface area contributed by atoms with Crippen molar-refractivity contribution in [3.8, 4) is 0 Å². The van der Waals surface area contributed by atoms with Crippen LogP contribution in [0.25, 0.3) is 0 Å². The molecule has 1 aromatic carbocycles. The van der Waals surface area contributed by atoms with Crippen molar-refractivity contribution in [2.75, 3.05) is 0 Å². The molecule has 2 unspecified atom stereocenters. The Kier molecular flexibility index (Phi) is 2.46. The Balaban J connectivity index is 2.36. The number of halogens is 1. The van der Waals surface area contributed by atoms with E-state index in [0.29, 0.717) is 6.42 Å². The SMILES string of the molecule is O=C(O)C1CCc2ccccc2C1Cl. The van der Waals surface area contributed by atoms with Crippen LogP contribution >= 0.6 is 11.6 Å². The van der Waals surface area contributed by atoms with Gasteiger partial charge in [-0.15, -0.1) is 11.6 Å². The zero-order valence-corrected chi connectivity index (χ0v) is 8.37. The van der Waals surface area contributed by atoms with E-state index in [1.165, 1.54) is 5.56 Å².